The van der Waals surface area contributed by atoms with Crippen LogP contribution < -0.4 is 0 Å². The minimum Gasteiger partial charge on any atom is -0.300 e. The van der Waals surface area contributed by atoms with Crippen molar-refractivity contribution < 1.29 is 0 Å². The molecule has 18 heavy (non-hydrogen) atoms. The average molecular weight is 252 g/mol. The second kappa shape index (κ2) is 5.50. The van der Waals surface area contributed by atoms with Crippen molar-refractivity contribution >= 4 is 0 Å². The van der Waals surface area contributed by atoms with Crippen molar-refractivity contribution in [2.24, 2.45) is 17.3 Å². The fraction of sp³-hybridized carbons (Fsp3) is 1.00. The first-order chi connectivity index (χ1) is 8.44. The van der Waals surface area contributed by atoms with E-state index in [9.17, 15) is 0 Å². The van der Waals surface area contributed by atoms with Crippen LogP contribution >= 0.6 is 0 Å². The third-order valence-electron chi connectivity index (χ3n) is 5.53. The van der Waals surface area contributed by atoms with Gasteiger partial charge in [-0.3, -0.25) is 4.90 Å². The highest BCUT2D eigenvalue weighted by molar-refractivity contribution is 5.00. The van der Waals surface area contributed by atoms with Gasteiger partial charge in [-0.1, -0.05) is 20.8 Å². The molecule has 0 N–H and O–H groups in total. The Hall–Kier alpha value is -0.0800. The van der Waals surface area contributed by atoms with Crippen molar-refractivity contribution in [1.29, 1.82) is 0 Å². The number of piperazine rings is 1. The molecule has 0 spiro atoms. The molecule has 2 heteroatoms. The van der Waals surface area contributed by atoms with Crippen LogP contribution in [0.3, 0.4) is 0 Å². The van der Waals surface area contributed by atoms with Crippen molar-refractivity contribution in [3.8, 4) is 0 Å². The number of rotatable bonds is 5. The monoisotopic (exact) mass is 252 g/mol. The van der Waals surface area contributed by atoms with E-state index in [1.807, 2.05) is 0 Å². The standard InChI is InChI=1S/C16H32N2/c1-13(2)15(5)16(6-7-16)12-17-8-10-18(11-9-17)14(3)4/h13-15H,6-12H2,1-5H3. The third kappa shape index (κ3) is 3.08. The lowest BCUT2D eigenvalue weighted by Gasteiger charge is -2.40. The molecular weight excluding hydrogens is 220 g/mol. The molecule has 0 amide bonds. The fourth-order valence-corrected chi connectivity index (χ4v) is 3.51. The lowest BCUT2D eigenvalue weighted by molar-refractivity contribution is 0.0766. The highest BCUT2D eigenvalue weighted by Crippen LogP contribution is 2.54. The molecule has 0 bridgehead atoms. The summed E-state index contributed by atoms with van der Waals surface area (Å²) in [7, 11) is 0. The molecule has 1 atom stereocenters. The van der Waals surface area contributed by atoms with E-state index in [2.05, 4.69) is 44.4 Å². The first-order valence-corrected chi connectivity index (χ1v) is 7.91. The Balaban J connectivity index is 1.81. The minimum absolute atomic E-state index is 0.675. The van der Waals surface area contributed by atoms with Gasteiger partial charge in [-0.25, -0.2) is 0 Å². The molecule has 1 saturated carbocycles. The zero-order valence-corrected chi connectivity index (χ0v) is 13.1. The molecule has 2 rings (SSSR count). The Kier molecular flexibility index (Phi) is 4.38. The topological polar surface area (TPSA) is 6.48 Å². The highest BCUT2D eigenvalue weighted by atomic mass is 15.3. The molecule has 1 aliphatic heterocycles. The zero-order chi connectivity index (χ0) is 13.3. The van der Waals surface area contributed by atoms with E-state index in [0.717, 1.165) is 17.9 Å². The van der Waals surface area contributed by atoms with Gasteiger partial charge in [-0.05, 0) is 43.9 Å². The van der Waals surface area contributed by atoms with Gasteiger partial charge in [0.2, 0.25) is 0 Å². The van der Waals surface area contributed by atoms with Gasteiger partial charge < -0.3 is 4.90 Å². The van der Waals surface area contributed by atoms with Crippen molar-refractivity contribution in [3.63, 3.8) is 0 Å². The van der Waals surface area contributed by atoms with Gasteiger partial charge in [0.25, 0.3) is 0 Å². The SMILES string of the molecule is CC(C)C(C)C1(CN2CCN(C(C)C)CC2)CC1. The van der Waals surface area contributed by atoms with Gasteiger partial charge in [-0.2, -0.15) is 0 Å². The molecule has 0 aromatic rings. The van der Waals surface area contributed by atoms with Crippen LogP contribution in [0.25, 0.3) is 0 Å². The summed E-state index contributed by atoms with van der Waals surface area (Å²) < 4.78 is 0. The molecular formula is C16H32N2. The normalized spacial score (nSPS) is 26.8. The Bertz CT molecular complexity index is 260. The van der Waals surface area contributed by atoms with Crippen molar-refractivity contribution in [3.05, 3.63) is 0 Å². The van der Waals surface area contributed by atoms with Crippen LogP contribution in [0.15, 0.2) is 0 Å². The molecule has 0 aromatic carbocycles. The van der Waals surface area contributed by atoms with Gasteiger partial charge in [0.15, 0.2) is 0 Å². The van der Waals surface area contributed by atoms with Crippen molar-refractivity contribution in [2.75, 3.05) is 32.7 Å². The quantitative estimate of drug-likeness (QED) is 0.742. The van der Waals surface area contributed by atoms with Crippen LogP contribution in [-0.4, -0.2) is 48.6 Å². The smallest absolute Gasteiger partial charge is 0.0113 e. The number of nitrogens with zero attached hydrogens (tertiary/aromatic N) is 2. The van der Waals surface area contributed by atoms with Crippen LogP contribution in [0.5, 0.6) is 0 Å². The molecule has 0 aromatic heterocycles. The molecule has 1 heterocycles. The summed E-state index contributed by atoms with van der Waals surface area (Å²) in [6, 6.07) is 0.719. The van der Waals surface area contributed by atoms with E-state index in [1.54, 1.807) is 0 Å². The van der Waals surface area contributed by atoms with Gasteiger partial charge in [0.05, 0.1) is 0 Å². The van der Waals surface area contributed by atoms with Crippen LogP contribution in [-0.2, 0) is 0 Å². The summed E-state index contributed by atoms with van der Waals surface area (Å²) >= 11 is 0. The molecule has 2 nitrogen and oxygen atoms in total. The Labute approximate surface area is 114 Å². The van der Waals surface area contributed by atoms with E-state index in [1.165, 1.54) is 45.6 Å². The summed E-state index contributed by atoms with van der Waals surface area (Å²) in [6.07, 6.45) is 2.94. The maximum atomic E-state index is 2.73. The van der Waals surface area contributed by atoms with E-state index >= 15 is 0 Å². The van der Waals surface area contributed by atoms with Gasteiger partial charge in [-0.15, -0.1) is 0 Å². The van der Waals surface area contributed by atoms with Gasteiger partial charge in [0, 0.05) is 38.8 Å². The summed E-state index contributed by atoms with van der Waals surface area (Å²) in [5.41, 5.74) is 0.675. The Morgan fingerprint density at radius 3 is 1.83 bits per heavy atom. The summed E-state index contributed by atoms with van der Waals surface area (Å²) in [6.45, 7) is 18.4. The second-order valence-corrected chi connectivity index (χ2v) is 7.30. The Morgan fingerprint density at radius 2 is 1.44 bits per heavy atom. The predicted octanol–water partition coefficient (Wildman–Crippen LogP) is 3.08. The van der Waals surface area contributed by atoms with Crippen LogP contribution in [0.2, 0.25) is 0 Å². The first-order valence-electron chi connectivity index (χ1n) is 7.91. The fourth-order valence-electron chi connectivity index (χ4n) is 3.51. The van der Waals surface area contributed by atoms with E-state index < -0.39 is 0 Å². The van der Waals surface area contributed by atoms with E-state index in [-0.39, 0.29) is 0 Å². The van der Waals surface area contributed by atoms with Gasteiger partial charge >= 0.3 is 0 Å². The molecule has 1 aliphatic carbocycles. The van der Waals surface area contributed by atoms with E-state index in [0.29, 0.717) is 5.41 Å². The lowest BCUT2D eigenvalue weighted by Crippen LogP contribution is -2.50. The predicted molar refractivity (Wildman–Crippen MR) is 78.8 cm³/mol. The first kappa shape index (κ1) is 14.3. The molecule has 1 saturated heterocycles. The maximum absolute atomic E-state index is 2.73. The molecule has 2 aliphatic rings. The largest absolute Gasteiger partial charge is 0.300 e. The van der Waals surface area contributed by atoms with E-state index in [4.69, 9.17) is 0 Å². The summed E-state index contributed by atoms with van der Waals surface area (Å²) in [5, 5.41) is 0. The van der Waals surface area contributed by atoms with Crippen LogP contribution in [0.4, 0.5) is 0 Å². The molecule has 1 unspecified atom stereocenters. The molecule has 0 radical (unpaired) electrons. The molecule has 2 fully saturated rings. The number of hydrogen-bond donors (Lipinski definition) is 0. The Morgan fingerprint density at radius 1 is 0.889 bits per heavy atom. The molecule has 106 valence electrons. The zero-order valence-electron chi connectivity index (χ0n) is 13.1. The van der Waals surface area contributed by atoms with Crippen LogP contribution in [0, 0.1) is 17.3 Å². The van der Waals surface area contributed by atoms with Crippen molar-refractivity contribution in [1.82, 2.24) is 9.80 Å². The maximum Gasteiger partial charge on any atom is 0.0113 e. The van der Waals surface area contributed by atoms with Gasteiger partial charge in [0.1, 0.15) is 0 Å². The lowest BCUT2D eigenvalue weighted by atomic mass is 9.81. The summed E-state index contributed by atoms with van der Waals surface area (Å²) in [4.78, 5) is 5.34. The number of hydrogen-bond acceptors (Lipinski definition) is 2. The summed E-state index contributed by atoms with van der Waals surface area (Å²) in [5.74, 6) is 1.73. The average Bonchev–Trinajstić information content (AvgIpc) is 3.09. The van der Waals surface area contributed by atoms with Crippen molar-refractivity contribution in [2.45, 2.75) is 53.5 Å². The third-order valence-corrected chi connectivity index (χ3v) is 5.53. The minimum atomic E-state index is 0.675. The second-order valence-electron chi connectivity index (χ2n) is 7.30. The van der Waals surface area contributed by atoms with Crippen LogP contribution in [0.1, 0.15) is 47.5 Å². The highest BCUT2D eigenvalue weighted by Gasteiger charge is 2.49.